The Kier molecular flexibility index (Phi) is 4.27. The van der Waals surface area contributed by atoms with Crippen molar-refractivity contribution in [3.63, 3.8) is 0 Å². The van der Waals surface area contributed by atoms with Crippen LogP contribution in [0, 0.1) is 0 Å². The van der Waals surface area contributed by atoms with Crippen LogP contribution in [-0.4, -0.2) is 36.2 Å². The van der Waals surface area contributed by atoms with Crippen LogP contribution < -0.4 is 11.1 Å². The van der Waals surface area contributed by atoms with Gasteiger partial charge in [-0.1, -0.05) is 6.07 Å². The molecule has 1 aliphatic heterocycles. The monoisotopic (exact) mass is 265 g/mol. The zero-order chi connectivity index (χ0) is 13.1. The van der Waals surface area contributed by atoms with Gasteiger partial charge >= 0.3 is 0 Å². The molecular formula is C13H19N3OS. The zero-order valence-corrected chi connectivity index (χ0v) is 11.6. The van der Waals surface area contributed by atoms with Crippen molar-refractivity contribution in [3.05, 3.63) is 23.8 Å². The number of hydrogen-bond donors (Lipinski definition) is 2. The number of hydrogen-bond acceptors (Lipinski definition) is 4. The van der Waals surface area contributed by atoms with Gasteiger partial charge in [-0.15, -0.1) is 11.8 Å². The lowest BCUT2D eigenvalue weighted by Crippen LogP contribution is -2.34. The van der Waals surface area contributed by atoms with Crippen molar-refractivity contribution in [1.29, 1.82) is 0 Å². The van der Waals surface area contributed by atoms with Crippen LogP contribution >= 0.6 is 11.8 Å². The first-order valence-electron chi connectivity index (χ1n) is 6.06. The van der Waals surface area contributed by atoms with Crippen LogP contribution in [0.25, 0.3) is 0 Å². The minimum absolute atomic E-state index is 0.0772. The van der Waals surface area contributed by atoms with Gasteiger partial charge in [-0.05, 0) is 31.7 Å². The highest BCUT2D eigenvalue weighted by Crippen LogP contribution is 2.32. The molecule has 98 valence electrons. The van der Waals surface area contributed by atoms with E-state index in [4.69, 9.17) is 5.73 Å². The van der Waals surface area contributed by atoms with Crippen molar-refractivity contribution >= 4 is 23.4 Å². The van der Waals surface area contributed by atoms with E-state index in [1.54, 1.807) is 11.8 Å². The average molecular weight is 265 g/mol. The van der Waals surface area contributed by atoms with E-state index in [0.717, 1.165) is 17.1 Å². The lowest BCUT2D eigenvalue weighted by molar-refractivity contribution is -0.113. The normalized spacial score (nSPS) is 16.3. The molecule has 2 rings (SSSR count). The highest BCUT2D eigenvalue weighted by atomic mass is 32.2. The van der Waals surface area contributed by atoms with Gasteiger partial charge in [-0.3, -0.25) is 9.69 Å². The molecule has 3 N–H and O–H groups in total. The van der Waals surface area contributed by atoms with E-state index in [9.17, 15) is 4.79 Å². The van der Waals surface area contributed by atoms with Gasteiger partial charge in [0.05, 0.1) is 11.4 Å². The molecule has 0 aliphatic carbocycles. The molecular weight excluding hydrogens is 246 g/mol. The second-order valence-electron chi connectivity index (χ2n) is 4.67. The summed E-state index contributed by atoms with van der Waals surface area (Å²) in [4.78, 5) is 14.7. The van der Waals surface area contributed by atoms with Crippen LogP contribution in [-0.2, 0) is 11.3 Å². The highest BCUT2D eigenvalue weighted by Gasteiger charge is 2.16. The van der Waals surface area contributed by atoms with E-state index in [2.05, 4.69) is 42.4 Å². The molecule has 1 atom stereocenters. The van der Waals surface area contributed by atoms with Gasteiger partial charge in [0.25, 0.3) is 0 Å². The Hall–Kier alpha value is -1.04. The van der Waals surface area contributed by atoms with Crippen molar-refractivity contribution < 1.29 is 4.79 Å². The maximum absolute atomic E-state index is 11.4. The number of anilines is 1. The summed E-state index contributed by atoms with van der Waals surface area (Å²) in [5.41, 5.74) is 7.78. The van der Waals surface area contributed by atoms with Crippen molar-refractivity contribution in [2.24, 2.45) is 5.73 Å². The third-order valence-electron chi connectivity index (χ3n) is 3.20. The van der Waals surface area contributed by atoms with Crippen LogP contribution in [0.15, 0.2) is 23.1 Å². The Labute approximate surface area is 112 Å². The molecule has 1 heterocycles. The summed E-state index contributed by atoms with van der Waals surface area (Å²) in [6.45, 7) is 3.59. The van der Waals surface area contributed by atoms with E-state index in [1.165, 1.54) is 5.56 Å². The molecule has 18 heavy (non-hydrogen) atoms. The first-order valence-corrected chi connectivity index (χ1v) is 7.04. The first-order chi connectivity index (χ1) is 8.60. The molecule has 0 radical (unpaired) electrons. The SMILES string of the molecule is CC(CN)N(C)Cc1ccc2c(c1)NC(=O)CS2. The second kappa shape index (κ2) is 5.73. The summed E-state index contributed by atoms with van der Waals surface area (Å²) in [7, 11) is 2.06. The maximum Gasteiger partial charge on any atom is 0.234 e. The number of amides is 1. The van der Waals surface area contributed by atoms with Gasteiger partial charge in [-0.2, -0.15) is 0 Å². The predicted molar refractivity (Wildman–Crippen MR) is 75.8 cm³/mol. The number of carbonyl (C=O) groups is 1. The summed E-state index contributed by atoms with van der Waals surface area (Å²) in [5.74, 6) is 0.588. The summed E-state index contributed by atoms with van der Waals surface area (Å²) < 4.78 is 0. The molecule has 1 aromatic carbocycles. The van der Waals surface area contributed by atoms with Crippen LogP contribution in [0.3, 0.4) is 0 Å². The maximum atomic E-state index is 11.4. The fourth-order valence-corrected chi connectivity index (χ4v) is 2.64. The zero-order valence-electron chi connectivity index (χ0n) is 10.8. The van der Waals surface area contributed by atoms with Gasteiger partial charge < -0.3 is 11.1 Å². The Balaban J connectivity index is 2.11. The van der Waals surface area contributed by atoms with Crippen molar-refractivity contribution in [2.75, 3.05) is 24.7 Å². The van der Waals surface area contributed by atoms with Crippen LogP contribution in [0.2, 0.25) is 0 Å². The largest absolute Gasteiger partial charge is 0.329 e. The Bertz CT molecular complexity index is 450. The first kappa shape index (κ1) is 13.4. The molecule has 4 nitrogen and oxygen atoms in total. The summed E-state index contributed by atoms with van der Waals surface area (Å²) in [6.07, 6.45) is 0. The number of thioether (sulfide) groups is 1. The van der Waals surface area contributed by atoms with Crippen LogP contribution in [0.5, 0.6) is 0 Å². The molecule has 1 amide bonds. The lowest BCUT2D eigenvalue weighted by atomic mass is 10.1. The minimum atomic E-state index is 0.0772. The topological polar surface area (TPSA) is 58.4 Å². The molecule has 1 aromatic rings. The van der Waals surface area contributed by atoms with E-state index in [-0.39, 0.29) is 5.91 Å². The minimum Gasteiger partial charge on any atom is -0.329 e. The third-order valence-corrected chi connectivity index (χ3v) is 4.28. The molecule has 0 aromatic heterocycles. The van der Waals surface area contributed by atoms with Gasteiger partial charge in [0.2, 0.25) is 5.91 Å². The average Bonchev–Trinajstić information content (AvgIpc) is 2.37. The molecule has 5 heteroatoms. The summed E-state index contributed by atoms with van der Waals surface area (Å²) >= 11 is 1.59. The molecule has 0 spiro atoms. The molecule has 0 saturated carbocycles. The van der Waals surface area contributed by atoms with Crippen molar-refractivity contribution in [2.45, 2.75) is 24.4 Å². The highest BCUT2D eigenvalue weighted by molar-refractivity contribution is 8.00. The Morgan fingerprint density at radius 3 is 3.06 bits per heavy atom. The molecule has 0 bridgehead atoms. The Morgan fingerprint density at radius 2 is 2.33 bits per heavy atom. The Morgan fingerprint density at radius 1 is 1.56 bits per heavy atom. The summed E-state index contributed by atoms with van der Waals surface area (Å²) in [6, 6.07) is 6.60. The standard InChI is InChI=1S/C13H19N3OS/c1-9(6-14)16(2)7-10-3-4-12-11(5-10)15-13(17)8-18-12/h3-5,9H,6-8,14H2,1-2H3,(H,15,17). The number of rotatable bonds is 4. The molecule has 1 aliphatic rings. The second-order valence-corrected chi connectivity index (χ2v) is 5.68. The van der Waals surface area contributed by atoms with Crippen LogP contribution in [0.1, 0.15) is 12.5 Å². The number of nitrogens with two attached hydrogens (primary N) is 1. The molecule has 0 fully saturated rings. The van der Waals surface area contributed by atoms with Crippen molar-refractivity contribution in [1.82, 2.24) is 4.90 Å². The van der Waals surface area contributed by atoms with Gasteiger partial charge in [0.1, 0.15) is 0 Å². The third kappa shape index (κ3) is 3.04. The number of nitrogens with zero attached hydrogens (tertiary/aromatic N) is 1. The molecule has 1 unspecified atom stereocenters. The lowest BCUT2D eigenvalue weighted by Gasteiger charge is -2.24. The van der Waals surface area contributed by atoms with E-state index >= 15 is 0 Å². The van der Waals surface area contributed by atoms with Gasteiger partial charge in [0.15, 0.2) is 0 Å². The van der Waals surface area contributed by atoms with Gasteiger partial charge in [0, 0.05) is 24.0 Å². The number of nitrogens with one attached hydrogen (secondary N) is 1. The predicted octanol–water partition coefficient (Wildman–Crippen LogP) is 1.51. The van der Waals surface area contributed by atoms with E-state index in [0.29, 0.717) is 18.3 Å². The van der Waals surface area contributed by atoms with Gasteiger partial charge in [-0.25, -0.2) is 0 Å². The molecule has 0 saturated heterocycles. The van der Waals surface area contributed by atoms with Crippen molar-refractivity contribution in [3.8, 4) is 0 Å². The van der Waals surface area contributed by atoms with E-state index < -0.39 is 0 Å². The number of likely N-dealkylation sites (N-methyl/N-ethyl adjacent to an activating group) is 1. The number of benzene rings is 1. The van der Waals surface area contributed by atoms with Crippen LogP contribution in [0.4, 0.5) is 5.69 Å². The fourth-order valence-electron chi connectivity index (χ4n) is 1.85. The summed E-state index contributed by atoms with van der Waals surface area (Å²) in [5, 5.41) is 2.91. The smallest absolute Gasteiger partial charge is 0.234 e. The number of fused-ring (bicyclic) bond motifs is 1. The quantitative estimate of drug-likeness (QED) is 0.866. The fraction of sp³-hybridized carbons (Fsp3) is 0.462. The number of carbonyl (C=O) groups excluding carboxylic acids is 1. The van der Waals surface area contributed by atoms with E-state index in [1.807, 2.05) is 0 Å².